The number of hydrogen-bond acceptors (Lipinski definition) is 8. The van der Waals surface area contributed by atoms with Gasteiger partial charge < -0.3 is 24.6 Å². The van der Waals surface area contributed by atoms with E-state index in [1.54, 1.807) is 0 Å². The predicted octanol–water partition coefficient (Wildman–Crippen LogP) is 12.3. The minimum atomic E-state index is -4.54. The first-order valence-corrected chi connectivity index (χ1v) is 23.6. The second-order valence-corrected chi connectivity index (χ2v) is 15.8. The van der Waals surface area contributed by atoms with Crippen LogP contribution in [0.5, 0.6) is 0 Å². The first-order chi connectivity index (χ1) is 27.8. The number of allylic oxidation sites excluding steroid dienone is 14. The van der Waals surface area contributed by atoms with Crippen LogP contribution in [0.2, 0.25) is 0 Å². The molecule has 0 spiro atoms. The predicted molar refractivity (Wildman–Crippen MR) is 237 cm³/mol. The number of carbonyl (C=O) groups excluding carboxylic acids is 1. The van der Waals surface area contributed by atoms with Crippen molar-refractivity contribution >= 4 is 13.8 Å². The van der Waals surface area contributed by atoms with Gasteiger partial charge in [-0.3, -0.25) is 13.8 Å². The molecule has 0 aliphatic rings. The molecule has 328 valence electrons. The van der Waals surface area contributed by atoms with Crippen LogP contribution < -0.4 is 0 Å². The molecule has 0 aromatic carbocycles. The highest BCUT2D eigenvalue weighted by Crippen LogP contribution is 2.43. The third-order valence-corrected chi connectivity index (χ3v) is 9.77. The average molecular weight is 821 g/mol. The van der Waals surface area contributed by atoms with Gasteiger partial charge in [-0.05, 0) is 89.9 Å². The summed E-state index contributed by atoms with van der Waals surface area (Å²) in [6.45, 7) is 3.30. The third kappa shape index (κ3) is 43.1. The summed E-state index contributed by atoms with van der Waals surface area (Å²) in [5.41, 5.74) is 0. The molecule has 0 rings (SSSR count). The largest absolute Gasteiger partial charge is 0.472 e. The van der Waals surface area contributed by atoms with Crippen molar-refractivity contribution in [3.05, 3.63) is 85.1 Å². The smallest absolute Gasteiger partial charge is 0.457 e. The van der Waals surface area contributed by atoms with Gasteiger partial charge in [-0.1, -0.05) is 150 Å². The summed E-state index contributed by atoms with van der Waals surface area (Å²) in [4.78, 5) is 22.6. The molecule has 3 N–H and O–H groups in total. The maximum absolute atomic E-state index is 12.6. The van der Waals surface area contributed by atoms with E-state index in [0.29, 0.717) is 13.0 Å². The zero-order chi connectivity index (χ0) is 41.8. The highest BCUT2D eigenvalue weighted by molar-refractivity contribution is 7.47. The Hall–Kier alpha value is -2.36. The van der Waals surface area contributed by atoms with E-state index in [9.17, 15) is 19.4 Å². The molecule has 0 saturated carbocycles. The molecule has 0 radical (unpaired) electrons. The van der Waals surface area contributed by atoms with Gasteiger partial charge in [0.2, 0.25) is 0 Å². The van der Waals surface area contributed by atoms with Crippen LogP contribution in [0.15, 0.2) is 85.1 Å². The topological polar surface area (TPSA) is 132 Å². The van der Waals surface area contributed by atoms with Crippen LogP contribution in [-0.4, -0.2) is 66.3 Å². The second-order valence-electron chi connectivity index (χ2n) is 14.3. The molecule has 0 fully saturated rings. The van der Waals surface area contributed by atoms with Gasteiger partial charge in [0.05, 0.1) is 26.4 Å². The molecule has 0 bridgehead atoms. The van der Waals surface area contributed by atoms with E-state index in [4.69, 9.17) is 23.6 Å². The highest BCUT2D eigenvalue weighted by Gasteiger charge is 2.26. The molecular weight excluding hydrogens is 739 g/mol. The molecule has 10 heteroatoms. The second kappa shape index (κ2) is 43.2. The fourth-order valence-electron chi connectivity index (χ4n) is 5.47. The number of aliphatic hydroxyl groups is 2. The summed E-state index contributed by atoms with van der Waals surface area (Å²) < 4.78 is 33.3. The van der Waals surface area contributed by atoms with E-state index >= 15 is 0 Å². The van der Waals surface area contributed by atoms with E-state index in [1.807, 2.05) is 0 Å². The fourth-order valence-corrected chi connectivity index (χ4v) is 6.26. The SMILES string of the molecule is CC/C=C\C/C=C\C/C=C\C/C=C\C/C=C\C/C=C\CCCCC(=O)OC(COCCCCCCCC/C=C\CCCCCCC)COP(=O)(O)OCC(O)CO. The molecule has 0 aromatic heterocycles. The quantitative estimate of drug-likeness (QED) is 0.0239. The maximum atomic E-state index is 12.6. The summed E-state index contributed by atoms with van der Waals surface area (Å²) in [6.07, 6.45) is 52.6. The van der Waals surface area contributed by atoms with Crippen LogP contribution >= 0.6 is 7.82 Å². The van der Waals surface area contributed by atoms with Gasteiger partial charge in [-0.25, -0.2) is 4.57 Å². The Morgan fingerprint density at radius 1 is 0.561 bits per heavy atom. The molecule has 9 nitrogen and oxygen atoms in total. The molecule has 0 aliphatic heterocycles. The van der Waals surface area contributed by atoms with Crippen LogP contribution in [-0.2, 0) is 27.9 Å². The van der Waals surface area contributed by atoms with Gasteiger partial charge in [0.25, 0.3) is 0 Å². The van der Waals surface area contributed by atoms with Crippen LogP contribution in [0.4, 0.5) is 0 Å². The minimum Gasteiger partial charge on any atom is -0.457 e. The van der Waals surface area contributed by atoms with Crippen LogP contribution in [0.1, 0.15) is 162 Å². The molecule has 3 atom stereocenters. The maximum Gasteiger partial charge on any atom is 0.472 e. The number of esters is 1. The Bertz CT molecular complexity index is 1160. The van der Waals surface area contributed by atoms with Crippen LogP contribution in [0, 0.1) is 0 Å². The number of phosphoric ester groups is 1. The van der Waals surface area contributed by atoms with Gasteiger partial charge in [-0.2, -0.15) is 0 Å². The summed E-state index contributed by atoms with van der Waals surface area (Å²) >= 11 is 0. The van der Waals surface area contributed by atoms with Crippen molar-refractivity contribution in [1.82, 2.24) is 0 Å². The van der Waals surface area contributed by atoms with Crippen molar-refractivity contribution in [3.63, 3.8) is 0 Å². The summed E-state index contributed by atoms with van der Waals surface area (Å²) in [6, 6.07) is 0. The average Bonchev–Trinajstić information content (AvgIpc) is 3.20. The van der Waals surface area contributed by atoms with Crippen molar-refractivity contribution in [3.8, 4) is 0 Å². The summed E-state index contributed by atoms with van der Waals surface area (Å²) in [5, 5.41) is 18.4. The van der Waals surface area contributed by atoms with E-state index in [1.165, 1.54) is 57.8 Å². The number of hydrogen-bond donors (Lipinski definition) is 3. The lowest BCUT2D eigenvalue weighted by atomic mass is 10.1. The Labute approximate surface area is 347 Å². The van der Waals surface area contributed by atoms with E-state index < -0.39 is 45.8 Å². The van der Waals surface area contributed by atoms with Gasteiger partial charge >= 0.3 is 13.8 Å². The van der Waals surface area contributed by atoms with E-state index in [0.717, 1.165) is 77.0 Å². The monoisotopic (exact) mass is 821 g/mol. The van der Waals surface area contributed by atoms with Crippen molar-refractivity contribution in [2.75, 3.05) is 33.0 Å². The Kier molecular flexibility index (Phi) is 41.4. The zero-order valence-corrected chi connectivity index (χ0v) is 36.7. The molecule has 0 heterocycles. The van der Waals surface area contributed by atoms with Gasteiger partial charge in [-0.15, -0.1) is 0 Å². The van der Waals surface area contributed by atoms with E-state index in [2.05, 4.69) is 98.9 Å². The lowest BCUT2D eigenvalue weighted by molar-refractivity contribution is -0.154. The summed E-state index contributed by atoms with van der Waals surface area (Å²) in [5.74, 6) is -0.429. The first-order valence-electron chi connectivity index (χ1n) is 22.1. The third-order valence-electron chi connectivity index (χ3n) is 8.81. The molecule has 0 saturated heterocycles. The first kappa shape index (κ1) is 54.6. The van der Waals surface area contributed by atoms with Crippen molar-refractivity contribution in [2.24, 2.45) is 0 Å². The van der Waals surface area contributed by atoms with Gasteiger partial charge in [0.1, 0.15) is 12.2 Å². The zero-order valence-electron chi connectivity index (χ0n) is 35.8. The fraction of sp³-hybridized carbons (Fsp3) is 0.681. The Morgan fingerprint density at radius 2 is 1.00 bits per heavy atom. The molecule has 0 aromatic rings. The highest BCUT2D eigenvalue weighted by atomic mass is 31.2. The van der Waals surface area contributed by atoms with E-state index in [-0.39, 0.29) is 13.0 Å². The van der Waals surface area contributed by atoms with Gasteiger partial charge in [0.15, 0.2) is 0 Å². The number of rotatable bonds is 41. The van der Waals surface area contributed by atoms with Crippen molar-refractivity contribution in [1.29, 1.82) is 0 Å². The number of phosphoric acid groups is 1. The molecule has 0 amide bonds. The molecule has 3 unspecified atom stereocenters. The lowest BCUT2D eigenvalue weighted by Gasteiger charge is -2.20. The van der Waals surface area contributed by atoms with Crippen molar-refractivity contribution in [2.45, 2.75) is 174 Å². The molecule has 57 heavy (non-hydrogen) atoms. The number of unbranched alkanes of at least 4 members (excludes halogenated alkanes) is 13. The van der Waals surface area contributed by atoms with Crippen molar-refractivity contribution < 1.29 is 43.0 Å². The Morgan fingerprint density at radius 3 is 1.53 bits per heavy atom. The number of ether oxygens (including phenoxy) is 2. The molecule has 0 aliphatic carbocycles. The standard InChI is InChI=1S/C47H81O9P/c1-3-5-7-9-11-13-15-17-19-20-21-22-23-24-25-27-29-31-33-35-37-39-47(50)56-46(44-55-57(51,52)54-42-45(49)41-48)43-53-40-38-36-34-32-30-28-26-18-16-14-12-10-8-6-4-2/h5,7,11,13,16-19,21-22,24-25,29,31,45-46,48-49H,3-4,6,8-10,12,14-15,20,23,26-28,30,32-44H2,1-2H3,(H,51,52)/b7-5-,13-11-,18-16-,19-17-,22-21-,25-24-,31-29-. The molecular formula is C47H81O9P. The summed E-state index contributed by atoms with van der Waals surface area (Å²) in [7, 11) is -4.54. The normalized spacial score (nSPS) is 14.8. The Balaban J connectivity index is 4.29. The number of carbonyl (C=O) groups is 1. The van der Waals surface area contributed by atoms with Gasteiger partial charge in [0, 0.05) is 13.0 Å². The lowest BCUT2D eigenvalue weighted by Crippen LogP contribution is -2.29. The van der Waals surface area contributed by atoms with Crippen LogP contribution in [0.3, 0.4) is 0 Å². The van der Waals surface area contributed by atoms with Crippen LogP contribution in [0.25, 0.3) is 0 Å². The minimum absolute atomic E-state index is 0.0223. The number of aliphatic hydroxyl groups excluding tert-OH is 2.